The molecule has 0 aromatic carbocycles. The summed E-state index contributed by atoms with van der Waals surface area (Å²) in [4.78, 5) is 0. The molecule has 0 aliphatic heterocycles. The van der Waals surface area contributed by atoms with Gasteiger partial charge < -0.3 is 5.73 Å². The quantitative estimate of drug-likeness (QED) is 0.669. The zero-order valence-corrected chi connectivity index (χ0v) is 11.1. The Hall–Kier alpha value is -0.920. The highest BCUT2D eigenvalue weighted by atomic mass is 32.2. The largest absolute Gasteiger partial charge is 0.330 e. The minimum absolute atomic E-state index is 0.128. The molecule has 0 amide bonds. The lowest BCUT2D eigenvalue weighted by Crippen LogP contribution is -2.26. The fourth-order valence-electron chi connectivity index (χ4n) is 1.52. The van der Waals surface area contributed by atoms with Crippen LogP contribution in [-0.2, 0) is 23.6 Å². The number of nitrogens with two attached hydrogens (primary N) is 1. The lowest BCUT2D eigenvalue weighted by Gasteiger charge is -2.05. The van der Waals surface area contributed by atoms with E-state index in [1.54, 1.807) is 4.68 Å². The van der Waals surface area contributed by atoms with Gasteiger partial charge in [-0.2, -0.15) is 5.10 Å². The average molecular weight is 260 g/mol. The van der Waals surface area contributed by atoms with Crippen molar-refractivity contribution in [2.24, 2.45) is 12.8 Å². The normalized spacial score (nSPS) is 11.9. The molecule has 6 nitrogen and oxygen atoms in total. The van der Waals surface area contributed by atoms with Crippen LogP contribution in [0.4, 0.5) is 0 Å². The van der Waals surface area contributed by atoms with Gasteiger partial charge in [-0.3, -0.25) is 4.68 Å². The molecule has 0 aliphatic carbocycles. The summed E-state index contributed by atoms with van der Waals surface area (Å²) in [5.74, 6) is 0.128. The minimum Gasteiger partial charge on any atom is -0.330 e. The molecule has 1 rings (SSSR count). The lowest BCUT2D eigenvalue weighted by molar-refractivity contribution is 0.577. The highest BCUT2D eigenvalue weighted by Crippen LogP contribution is 2.05. The number of nitrogens with zero attached hydrogens (tertiary/aromatic N) is 2. The molecule has 0 saturated carbocycles. The summed E-state index contributed by atoms with van der Waals surface area (Å²) in [5, 5.41) is 4.15. The number of aryl methyl sites for hydroxylation is 2. The molecule has 0 radical (unpaired) electrons. The van der Waals surface area contributed by atoms with Crippen LogP contribution in [0, 0.1) is 6.92 Å². The fourth-order valence-corrected chi connectivity index (χ4v) is 2.62. The molecule has 3 N–H and O–H groups in total. The monoisotopic (exact) mass is 260 g/mol. The topological polar surface area (TPSA) is 90.0 Å². The van der Waals surface area contributed by atoms with Gasteiger partial charge in [0.15, 0.2) is 0 Å². The van der Waals surface area contributed by atoms with Crippen LogP contribution in [0.25, 0.3) is 0 Å². The summed E-state index contributed by atoms with van der Waals surface area (Å²) in [5.41, 5.74) is 7.06. The van der Waals surface area contributed by atoms with Gasteiger partial charge in [-0.05, 0) is 26.3 Å². The molecule has 0 unspecified atom stereocenters. The van der Waals surface area contributed by atoms with E-state index in [1.807, 2.05) is 20.2 Å². The van der Waals surface area contributed by atoms with Gasteiger partial charge in [0.2, 0.25) is 10.0 Å². The van der Waals surface area contributed by atoms with Crippen molar-refractivity contribution in [2.45, 2.75) is 26.3 Å². The highest BCUT2D eigenvalue weighted by Gasteiger charge is 2.11. The van der Waals surface area contributed by atoms with E-state index in [4.69, 9.17) is 5.73 Å². The summed E-state index contributed by atoms with van der Waals surface area (Å²) in [6, 6.07) is 0. The van der Waals surface area contributed by atoms with Crippen molar-refractivity contribution in [1.82, 2.24) is 14.5 Å². The Morgan fingerprint density at radius 3 is 2.71 bits per heavy atom. The summed E-state index contributed by atoms with van der Waals surface area (Å²) < 4.78 is 27.5. The molecule has 0 atom stereocenters. The molecule has 1 aromatic heterocycles. The third-order valence-corrected chi connectivity index (χ3v) is 3.88. The van der Waals surface area contributed by atoms with E-state index >= 15 is 0 Å². The summed E-state index contributed by atoms with van der Waals surface area (Å²) in [6.45, 7) is 2.68. The van der Waals surface area contributed by atoms with Gasteiger partial charge in [-0.25, -0.2) is 13.1 Å². The maximum absolute atomic E-state index is 11.6. The van der Waals surface area contributed by atoms with E-state index in [2.05, 4.69) is 9.82 Å². The molecule has 0 saturated heterocycles. The molecule has 0 fully saturated rings. The number of sulfonamides is 1. The van der Waals surface area contributed by atoms with Crippen molar-refractivity contribution in [3.8, 4) is 0 Å². The molecular weight excluding hydrogens is 240 g/mol. The van der Waals surface area contributed by atoms with Gasteiger partial charge in [-0.15, -0.1) is 0 Å². The molecule has 98 valence electrons. The second-order valence-corrected chi connectivity index (χ2v) is 5.98. The van der Waals surface area contributed by atoms with Gasteiger partial charge in [0.25, 0.3) is 0 Å². The maximum atomic E-state index is 11.6. The first-order chi connectivity index (χ1) is 7.94. The number of aromatic nitrogens is 2. The van der Waals surface area contributed by atoms with E-state index in [9.17, 15) is 8.42 Å². The van der Waals surface area contributed by atoms with E-state index in [0.717, 1.165) is 17.7 Å². The summed E-state index contributed by atoms with van der Waals surface area (Å²) >= 11 is 0. The van der Waals surface area contributed by atoms with E-state index in [1.165, 1.54) is 0 Å². The van der Waals surface area contributed by atoms with Crippen LogP contribution in [0.3, 0.4) is 0 Å². The Balaban J connectivity index is 2.47. The van der Waals surface area contributed by atoms with E-state index in [0.29, 0.717) is 19.5 Å². The zero-order chi connectivity index (χ0) is 12.9. The Morgan fingerprint density at radius 1 is 1.47 bits per heavy atom. The van der Waals surface area contributed by atoms with Crippen LogP contribution < -0.4 is 10.5 Å². The number of hydrogen-bond donors (Lipinski definition) is 2. The minimum atomic E-state index is -3.20. The maximum Gasteiger partial charge on any atom is 0.211 e. The smallest absolute Gasteiger partial charge is 0.211 e. The summed E-state index contributed by atoms with van der Waals surface area (Å²) in [7, 11) is -1.39. The van der Waals surface area contributed by atoms with Crippen molar-refractivity contribution in [1.29, 1.82) is 0 Å². The standard InChI is InChI=1S/C10H20N4O2S/c1-9-10(8-14(2)13-9)7-12-17(15,16)6-4-3-5-11/h8,12H,3-7,11H2,1-2H3. The fraction of sp³-hybridized carbons (Fsp3) is 0.700. The Kier molecular flexibility index (Phi) is 5.10. The molecule has 1 aromatic rings. The first-order valence-electron chi connectivity index (χ1n) is 5.61. The first-order valence-corrected chi connectivity index (χ1v) is 7.26. The highest BCUT2D eigenvalue weighted by molar-refractivity contribution is 7.89. The SMILES string of the molecule is Cc1nn(C)cc1CNS(=O)(=O)CCCCN. The first kappa shape index (κ1) is 14.1. The van der Waals surface area contributed by atoms with Gasteiger partial charge in [-0.1, -0.05) is 0 Å². The van der Waals surface area contributed by atoms with Crippen LogP contribution in [0.1, 0.15) is 24.1 Å². The third kappa shape index (κ3) is 4.84. The lowest BCUT2D eigenvalue weighted by atomic mass is 10.3. The van der Waals surface area contributed by atoms with E-state index < -0.39 is 10.0 Å². The summed E-state index contributed by atoms with van der Waals surface area (Å²) in [6.07, 6.45) is 3.14. The number of nitrogens with one attached hydrogen (secondary N) is 1. The number of hydrogen-bond acceptors (Lipinski definition) is 4. The molecule has 17 heavy (non-hydrogen) atoms. The van der Waals surface area contributed by atoms with Gasteiger partial charge in [0, 0.05) is 25.4 Å². The van der Waals surface area contributed by atoms with Gasteiger partial charge in [0.1, 0.15) is 0 Å². The second-order valence-electron chi connectivity index (χ2n) is 4.05. The van der Waals surface area contributed by atoms with Crippen LogP contribution in [0.15, 0.2) is 6.20 Å². The van der Waals surface area contributed by atoms with Crippen molar-refractivity contribution >= 4 is 10.0 Å². The zero-order valence-electron chi connectivity index (χ0n) is 10.3. The Labute approximate surface area is 102 Å². The Bertz CT molecular complexity index is 453. The van der Waals surface area contributed by atoms with Crippen LogP contribution in [0.2, 0.25) is 0 Å². The molecule has 0 spiro atoms. The Morgan fingerprint density at radius 2 is 2.18 bits per heavy atom. The van der Waals surface area contributed by atoms with Crippen molar-refractivity contribution in [3.63, 3.8) is 0 Å². The van der Waals surface area contributed by atoms with Gasteiger partial charge >= 0.3 is 0 Å². The average Bonchev–Trinajstić information content (AvgIpc) is 2.55. The van der Waals surface area contributed by atoms with Crippen LogP contribution >= 0.6 is 0 Å². The molecule has 1 heterocycles. The molecule has 0 bridgehead atoms. The van der Waals surface area contributed by atoms with Crippen molar-refractivity contribution in [3.05, 3.63) is 17.5 Å². The number of rotatable bonds is 7. The van der Waals surface area contributed by atoms with Crippen LogP contribution in [0.5, 0.6) is 0 Å². The van der Waals surface area contributed by atoms with E-state index in [-0.39, 0.29) is 5.75 Å². The van der Waals surface area contributed by atoms with Crippen molar-refractivity contribution < 1.29 is 8.42 Å². The van der Waals surface area contributed by atoms with Crippen molar-refractivity contribution in [2.75, 3.05) is 12.3 Å². The number of unbranched alkanes of at least 4 members (excludes halogenated alkanes) is 1. The predicted molar refractivity (Wildman–Crippen MR) is 66.9 cm³/mol. The molecule has 7 heteroatoms. The molecular formula is C10H20N4O2S. The third-order valence-electron chi connectivity index (χ3n) is 2.46. The second kappa shape index (κ2) is 6.13. The van der Waals surface area contributed by atoms with Gasteiger partial charge in [0.05, 0.1) is 11.4 Å². The predicted octanol–water partition coefficient (Wildman–Crippen LogP) is -0.113. The molecule has 0 aliphatic rings. The van der Waals surface area contributed by atoms with Crippen LogP contribution in [-0.4, -0.2) is 30.5 Å².